The fourth-order valence-electron chi connectivity index (χ4n) is 4.07. The zero-order chi connectivity index (χ0) is 28.1. The van der Waals surface area contributed by atoms with Crippen LogP contribution < -0.4 is 19.1 Å². The summed E-state index contributed by atoms with van der Waals surface area (Å²) in [6.07, 6.45) is 1.79. The van der Waals surface area contributed by atoms with Gasteiger partial charge in [-0.15, -0.1) is 16.4 Å². The van der Waals surface area contributed by atoms with Gasteiger partial charge in [-0.1, -0.05) is 52.8 Å². The molecule has 12 heteroatoms. The van der Waals surface area contributed by atoms with Gasteiger partial charge in [0, 0.05) is 29.1 Å². The number of hydrogen-bond acceptors (Lipinski definition) is 9. The molecule has 206 valence electrons. The average Bonchev–Trinajstić information content (AvgIpc) is 3.61. The Hall–Kier alpha value is -3.80. The summed E-state index contributed by atoms with van der Waals surface area (Å²) in [6.45, 7) is 0.284. The van der Waals surface area contributed by atoms with Crippen LogP contribution in [0.2, 0.25) is 5.02 Å². The number of carbonyl (C=O) groups excluding carboxylic acids is 1. The zero-order valence-corrected chi connectivity index (χ0v) is 24.4. The van der Waals surface area contributed by atoms with Gasteiger partial charge in [0.1, 0.15) is 6.54 Å². The van der Waals surface area contributed by atoms with Crippen LogP contribution in [0.15, 0.2) is 71.2 Å². The number of halogens is 1. The van der Waals surface area contributed by atoms with Crippen LogP contribution in [0.1, 0.15) is 11.3 Å². The molecular formula is C28H26ClN5O4S2. The molecule has 0 saturated carbocycles. The summed E-state index contributed by atoms with van der Waals surface area (Å²) in [5.41, 5.74) is 3.23. The fraction of sp³-hybridized carbons (Fsp3) is 0.214. The standard InChI is InChI=1S/C28H26ClN5O4S2/c1-36-23-12-21(13-24(37-2)27(23)38-3)34(14-18-8-10-19(29)11-9-18)26(35)16-33-15-20(31-32-33)17-39-28-30-22-6-4-5-7-25(22)40-28/h4-13,15H,14,16-17H2,1-3H3. The lowest BCUT2D eigenvalue weighted by Crippen LogP contribution is -2.33. The molecule has 2 aromatic heterocycles. The topological polar surface area (TPSA) is 91.6 Å². The number of aromatic nitrogens is 4. The number of ether oxygens (including phenoxy) is 3. The van der Waals surface area contributed by atoms with Gasteiger partial charge in [0.05, 0.1) is 49.5 Å². The summed E-state index contributed by atoms with van der Waals surface area (Å²) in [7, 11) is 4.61. The lowest BCUT2D eigenvalue weighted by Gasteiger charge is -2.25. The van der Waals surface area contributed by atoms with E-state index in [9.17, 15) is 4.79 Å². The average molecular weight is 596 g/mol. The number of hydrogen-bond donors (Lipinski definition) is 0. The number of benzene rings is 3. The first-order chi connectivity index (χ1) is 19.5. The molecule has 5 rings (SSSR count). The maximum Gasteiger partial charge on any atom is 0.249 e. The molecule has 0 fully saturated rings. The summed E-state index contributed by atoms with van der Waals surface area (Å²) < 4.78 is 20.2. The van der Waals surface area contributed by atoms with E-state index in [2.05, 4.69) is 21.4 Å². The second-order valence-corrected chi connectivity index (χ2v) is 11.3. The largest absolute Gasteiger partial charge is 0.493 e. The van der Waals surface area contributed by atoms with Crippen LogP contribution >= 0.6 is 34.7 Å². The molecule has 9 nitrogen and oxygen atoms in total. The first-order valence-corrected chi connectivity index (χ1v) is 14.4. The molecule has 0 bridgehead atoms. The van der Waals surface area contributed by atoms with Crippen molar-refractivity contribution in [3.8, 4) is 17.2 Å². The normalized spacial score (nSPS) is 11.0. The van der Waals surface area contributed by atoms with Crippen LogP contribution in [-0.4, -0.2) is 47.2 Å². The highest BCUT2D eigenvalue weighted by atomic mass is 35.5. The van der Waals surface area contributed by atoms with E-state index >= 15 is 0 Å². The number of nitrogens with zero attached hydrogens (tertiary/aromatic N) is 5. The van der Waals surface area contributed by atoms with Gasteiger partial charge in [-0.2, -0.15) is 0 Å². The molecule has 0 aliphatic rings. The molecule has 0 spiro atoms. The summed E-state index contributed by atoms with van der Waals surface area (Å²) in [6, 6.07) is 18.9. The minimum atomic E-state index is -0.195. The maximum absolute atomic E-state index is 13.7. The van der Waals surface area contributed by atoms with Gasteiger partial charge in [-0.05, 0) is 29.8 Å². The predicted octanol–water partition coefficient (Wildman–Crippen LogP) is 6.09. The van der Waals surface area contributed by atoms with Crippen LogP contribution in [0.25, 0.3) is 10.2 Å². The highest BCUT2D eigenvalue weighted by Crippen LogP contribution is 2.41. The zero-order valence-electron chi connectivity index (χ0n) is 22.0. The first kappa shape index (κ1) is 27.8. The van der Waals surface area contributed by atoms with E-state index in [0.29, 0.717) is 40.3 Å². The molecule has 0 saturated heterocycles. The number of carbonyl (C=O) groups is 1. The Morgan fingerprint density at radius 2 is 1.75 bits per heavy atom. The highest BCUT2D eigenvalue weighted by molar-refractivity contribution is 8.00. The van der Waals surface area contributed by atoms with E-state index in [-0.39, 0.29) is 12.5 Å². The van der Waals surface area contributed by atoms with Crippen molar-refractivity contribution >= 4 is 56.5 Å². The number of fused-ring (bicyclic) bond motifs is 1. The van der Waals surface area contributed by atoms with E-state index in [4.69, 9.17) is 25.8 Å². The van der Waals surface area contributed by atoms with Crippen molar-refractivity contribution in [3.63, 3.8) is 0 Å². The number of rotatable bonds is 11. The minimum Gasteiger partial charge on any atom is -0.493 e. The van der Waals surface area contributed by atoms with Crippen molar-refractivity contribution in [1.29, 1.82) is 0 Å². The quantitative estimate of drug-likeness (QED) is 0.169. The number of thioether (sulfide) groups is 1. The summed E-state index contributed by atoms with van der Waals surface area (Å²) in [5.74, 6) is 1.73. The Bertz CT molecular complexity index is 1560. The number of thiazole rings is 1. The second kappa shape index (κ2) is 12.6. The summed E-state index contributed by atoms with van der Waals surface area (Å²) in [4.78, 5) is 20.0. The van der Waals surface area contributed by atoms with E-state index in [0.717, 1.165) is 25.8 Å². The lowest BCUT2D eigenvalue weighted by atomic mass is 10.1. The molecule has 0 aliphatic carbocycles. The maximum atomic E-state index is 13.7. The van der Waals surface area contributed by atoms with Gasteiger partial charge in [-0.3, -0.25) is 4.79 Å². The van der Waals surface area contributed by atoms with E-state index in [1.807, 2.05) is 30.3 Å². The fourth-order valence-corrected chi connectivity index (χ4v) is 6.14. The molecule has 0 radical (unpaired) electrons. The Morgan fingerprint density at radius 3 is 2.42 bits per heavy atom. The molecule has 0 aliphatic heterocycles. The molecule has 1 amide bonds. The second-order valence-electron chi connectivity index (χ2n) is 8.63. The third-order valence-corrected chi connectivity index (χ3v) is 8.48. The van der Waals surface area contributed by atoms with Gasteiger partial charge in [0.2, 0.25) is 11.7 Å². The third kappa shape index (κ3) is 6.33. The number of para-hydroxylation sites is 1. The van der Waals surface area contributed by atoms with Gasteiger partial charge >= 0.3 is 0 Å². The first-order valence-electron chi connectivity index (χ1n) is 12.2. The molecule has 2 heterocycles. The molecule has 3 aromatic carbocycles. The van der Waals surface area contributed by atoms with Crippen LogP contribution in [0.5, 0.6) is 17.2 Å². The lowest BCUT2D eigenvalue weighted by molar-refractivity contribution is -0.119. The molecule has 0 atom stereocenters. The van der Waals surface area contributed by atoms with Crippen molar-refractivity contribution in [2.45, 2.75) is 23.2 Å². The summed E-state index contributed by atoms with van der Waals surface area (Å²) >= 11 is 9.32. The Balaban J connectivity index is 1.35. The predicted molar refractivity (Wildman–Crippen MR) is 158 cm³/mol. The minimum absolute atomic E-state index is 0.0109. The number of methoxy groups -OCH3 is 3. The third-order valence-electron chi connectivity index (χ3n) is 6.02. The van der Waals surface area contributed by atoms with Crippen LogP contribution in [0, 0.1) is 0 Å². The van der Waals surface area contributed by atoms with E-state index in [1.165, 1.54) is 21.3 Å². The van der Waals surface area contributed by atoms with Gasteiger partial charge in [0.25, 0.3) is 0 Å². The van der Waals surface area contributed by atoms with Crippen molar-refractivity contribution in [3.05, 3.63) is 83.1 Å². The number of anilines is 1. The Labute approximate surface area is 244 Å². The molecular weight excluding hydrogens is 570 g/mol. The van der Waals surface area contributed by atoms with Crippen molar-refractivity contribution in [2.24, 2.45) is 0 Å². The smallest absolute Gasteiger partial charge is 0.249 e. The monoisotopic (exact) mass is 595 g/mol. The van der Waals surface area contributed by atoms with Crippen LogP contribution in [-0.2, 0) is 23.6 Å². The van der Waals surface area contributed by atoms with Crippen LogP contribution in [0.4, 0.5) is 5.69 Å². The van der Waals surface area contributed by atoms with Crippen molar-refractivity contribution in [2.75, 3.05) is 26.2 Å². The molecule has 0 N–H and O–H groups in total. The van der Waals surface area contributed by atoms with Gasteiger partial charge < -0.3 is 19.1 Å². The van der Waals surface area contributed by atoms with Gasteiger partial charge in [-0.25, -0.2) is 9.67 Å². The Morgan fingerprint density at radius 1 is 1.02 bits per heavy atom. The van der Waals surface area contributed by atoms with E-state index < -0.39 is 0 Å². The van der Waals surface area contributed by atoms with Crippen molar-refractivity contribution in [1.82, 2.24) is 20.0 Å². The molecule has 5 aromatic rings. The molecule has 0 unspecified atom stereocenters. The summed E-state index contributed by atoms with van der Waals surface area (Å²) in [5, 5.41) is 9.09. The van der Waals surface area contributed by atoms with Gasteiger partial charge in [0.15, 0.2) is 15.8 Å². The number of amides is 1. The van der Waals surface area contributed by atoms with Crippen LogP contribution in [0.3, 0.4) is 0 Å². The SMILES string of the molecule is COc1cc(N(Cc2ccc(Cl)cc2)C(=O)Cn2cc(CSc3nc4ccccc4s3)nn2)cc(OC)c1OC. The Kier molecular flexibility index (Phi) is 8.73. The van der Waals surface area contributed by atoms with E-state index in [1.54, 1.807) is 63.1 Å². The van der Waals surface area contributed by atoms with Crippen molar-refractivity contribution < 1.29 is 19.0 Å². The highest BCUT2D eigenvalue weighted by Gasteiger charge is 2.22. The molecule has 40 heavy (non-hydrogen) atoms.